The Labute approximate surface area is 145 Å². The van der Waals surface area contributed by atoms with Gasteiger partial charge in [0.1, 0.15) is 0 Å². The van der Waals surface area contributed by atoms with Crippen LogP contribution in [0.15, 0.2) is 18.2 Å². The van der Waals surface area contributed by atoms with E-state index in [0.29, 0.717) is 17.1 Å². The van der Waals surface area contributed by atoms with Crippen LogP contribution in [0.1, 0.15) is 30.6 Å². The molecule has 0 aliphatic carbocycles. The minimum atomic E-state index is -1.03. The summed E-state index contributed by atoms with van der Waals surface area (Å²) in [7, 11) is 0. The molecule has 0 spiro atoms. The molecule has 6 N–H and O–H groups in total. The van der Waals surface area contributed by atoms with E-state index in [-0.39, 0.29) is 19.0 Å². The highest BCUT2D eigenvalue weighted by Gasteiger charge is 2.23. The number of hydrogen-bond acceptors (Lipinski definition) is 7. The second-order valence-electron chi connectivity index (χ2n) is 5.83. The lowest BCUT2D eigenvalue weighted by atomic mass is 10.0. The first-order valence-electron chi connectivity index (χ1n) is 7.82. The minimum Gasteiger partial charge on any atom is -0.454 e. The third kappa shape index (κ3) is 4.91. The minimum absolute atomic E-state index is 0.134. The maximum Gasteiger partial charge on any atom is 0.238 e. The molecule has 9 heteroatoms. The number of nitrogens with one attached hydrogen (secondary N) is 2. The number of amides is 2. The van der Waals surface area contributed by atoms with Crippen LogP contribution in [-0.4, -0.2) is 42.6 Å². The number of ketones is 1. The summed E-state index contributed by atoms with van der Waals surface area (Å²) in [4.78, 5) is 35.1. The molecule has 1 aromatic carbocycles. The molecule has 0 fully saturated rings. The SMILES string of the molecule is CC(NC(=O)C(N)CC(N)=O)NC(C)C(=O)c1ccc2c(c1)OCO2. The van der Waals surface area contributed by atoms with Crippen molar-refractivity contribution >= 4 is 17.6 Å². The Morgan fingerprint density at radius 1 is 1.20 bits per heavy atom. The fourth-order valence-corrected chi connectivity index (χ4v) is 2.42. The number of nitrogens with two attached hydrogens (primary N) is 2. The molecule has 2 rings (SSSR count). The van der Waals surface area contributed by atoms with Gasteiger partial charge in [0.25, 0.3) is 0 Å². The maximum atomic E-state index is 12.5. The van der Waals surface area contributed by atoms with E-state index >= 15 is 0 Å². The average molecular weight is 350 g/mol. The van der Waals surface area contributed by atoms with Gasteiger partial charge in [0.2, 0.25) is 18.6 Å². The van der Waals surface area contributed by atoms with Gasteiger partial charge in [0.05, 0.1) is 24.7 Å². The van der Waals surface area contributed by atoms with E-state index in [1.54, 1.807) is 32.0 Å². The average Bonchev–Trinajstić information content (AvgIpc) is 3.00. The van der Waals surface area contributed by atoms with Gasteiger partial charge in [-0.15, -0.1) is 0 Å². The van der Waals surface area contributed by atoms with Crippen LogP contribution < -0.4 is 31.6 Å². The van der Waals surface area contributed by atoms with Gasteiger partial charge in [-0.25, -0.2) is 0 Å². The molecular formula is C16H22N4O5. The second-order valence-corrected chi connectivity index (χ2v) is 5.83. The predicted octanol–water partition coefficient (Wildman–Crippen LogP) is -0.759. The lowest BCUT2D eigenvalue weighted by Crippen LogP contribution is -2.53. The van der Waals surface area contributed by atoms with Gasteiger partial charge >= 0.3 is 0 Å². The fourth-order valence-electron chi connectivity index (χ4n) is 2.42. The maximum absolute atomic E-state index is 12.5. The fraction of sp³-hybridized carbons (Fsp3) is 0.438. The van der Waals surface area contributed by atoms with Gasteiger partial charge in [0.15, 0.2) is 17.3 Å². The molecule has 0 saturated heterocycles. The molecule has 0 aromatic heterocycles. The molecule has 3 atom stereocenters. The van der Waals surface area contributed by atoms with Crippen molar-refractivity contribution < 1.29 is 23.9 Å². The highest BCUT2D eigenvalue weighted by atomic mass is 16.7. The first-order valence-corrected chi connectivity index (χ1v) is 7.82. The van der Waals surface area contributed by atoms with Crippen LogP contribution in [0.2, 0.25) is 0 Å². The summed E-state index contributed by atoms with van der Waals surface area (Å²) in [6.45, 7) is 3.48. The normalized spacial score (nSPS) is 16.0. The molecule has 0 saturated carbocycles. The second kappa shape index (κ2) is 7.95. The molecule has 136 valence electrons. The van der Waals surface area contributed by atoms with Crippen LogP contribution in [-0.2, 0) is 9.59 Å². The summed E-state index contributed by atoms with van der Waals surface area (Å²) in [6.07, 6.45) is -0.774. The summed E-state index contributed by atoms with van der Waals surface area (Å²) in [5, 5.41) is 5.54. The van der Waals surface area contributed by atoms with Crippen LogP contribution in [0.4, 0.5) is 0 Å². The molecular weight excluding hydrogens is 328 g/mol. The van der Waals surface area contributed by atoms with E-state index < -0.39 is 30.1 Å². The predicted molar refractivity (Wildman–Crippen MR) is 88.9 cm³/mol. The number of primary amides is 1. The van der Waals surface area contributed by atoms with E-state index in [1.165, 1.54) is 0 Å². The zero-order chi connectivity index (χ0) is 18.6. The van der Waals surface area contributed by atoms with Crippen molar-refractivity contribution in [3.63, 3.8) is 0 Å². The molecule has 1 aliphatic heterocycles. The lowest BCUT2D eigenvalue weighted by Gasteiger charge is -2.22. The van der Waals surface area contributed by atoms with E-state index in [1.807, 2.05) is 0 Å². The number of hydrogen-bond donors (Lipinski definition) is 4. The summed E-state index contributed by atoms with van der Waals surface area (Å²) in [6, 6.07) is 3.36. The Morgan fingerprint density at radius 3 is 2.56 bits per heavy atom. The van der Waals surface area contributed by atoms with Crippen LogP contribution in [0, 0.1) is 0 Å². The zero-order valence-electron chi connectivity index (χ0n) is 14.1. The quantitative estimate of drug-likeness (QED) is 0.356. The van der Waals surface area contributed by atoms with Crippen LogP contribution in [0.3, 0.4) is 0 Å². The number of carbonyl (C=O) groups excluding carboxylic acids is 3. The van der Waals surface area contributed by atoms with Gasteiger partial charge in [-0.3, -0.25) is 19.7 Å². The zero-order valence-corrected chi connectivity index (χ0v) is 14.1. The first kappa shape index (κ1) is 18.7. The van der Waals surface area contributed by atoms with Gasteiger partial charge in [-0.1, -0.05) is 0 Å². The third-order valence-electron chi connectivity index (χ3n) is 3.67. The third-order valence-corrected chi connectivity index (χ3v) is 3.67. The van der Waals surface area contributed by atoms with E-state index in [2.05, 4.69) is 10.6 Å². The standard InChI is InChI=1S/C16H22N4O5/c1-8(19-9(2)20-16(23)11(17)6-14(18)21)15(22)10-3-4-12-13(5-10)25-7-24-12/h3-5,8-9,11,19H,6-7,17H2,1-2H3,(H2,18,21)(H,20,23). The van der Waals surface area contributed by atoms with Gasteiger partial charge in [-0.2, -0.15) is 0 Å². The van der Waals surface area contributed by atoms with Gasteiger partial charge in [0, 0.05) is 5.56 Å². The Morgan fingerprint density at radius 2 is 1.88 bits per heavy atom. The van der Waals surface area contributed by atoms with Crippen LogP contribution >= 0.6 is 0 Å². The molecule has 1 heterocycles. The highest BCUT2D eigenvalue weighted by Crippen LogP contribution is 2.32. The number of Topliss-reactive ketones (excluding diaryl/α,β-unsaturated/α-hetero) is 1. The van der Waals surface area contributed by atoms with Crippen LogP contribution in [0.25, 0.3) is 0 Å². The van der Waals surface area contributed by atoms with Gasteiger partial charge < -0.3 is 26.3 Å². The summed E-state index contributed by atoms with van der Waals surface area (Å²) in [5.41, 5.74) is 11.0. The van der Waals surface area contributed by atoms with Crippen molar-refractivity contribution in [3.05, 3.63) is 23.8 Å². The Hall–Kier alpha value is -2.65. The van der Waals surface area contributed by atoms with Crippen molar-refractivity contribution in [1.29, 1.82) is 0 Å². The molecule has 0 bridgehead atoms. The Balaban J connectivity index is 1.90. The number of fused-ring (bicyclic) bond motifs is 1. The highest BCUT2D eigenvalue weighted by molar-refractivity contribution is 6.00. The van der Waals surface area contributed by atoms with Crippen molar-refractivity contribution in [2.24, 2.45) is 11.5 Å². The smallest absolute Gasteiger partial charge is 0.238 e. The first-order chi connectivity index (χ1) is 11.8. The molecule has 9 nitrogen and oxygen atoms in total. The molecule has 2 amide bonds. The summed E-state index contributed by atoms with van der Waals surface area (Å²) in [5.74, 6) is -0.227. The molecule has 3 unspecified atom stereocenters. The molecule has 25 heavy (non-hydrogen) atoms. The number of carbonyl (C=O) groups is 3. The Kier molecular flexibility index (Phi) is 5.94. The molecule has 1 aliphatic rings. The lowest BCUT2D eigenvalue weighted by molar-refractivity contribution is -0.126. The van der Waals surface area contributed by atoms with Crippen LogP contribution in [0.5, 0.6) is 11.5 Å². The summed E-state index contributed by atoms with van der Waals surface area (Å²) >= 11 is 0. The number of ether oxygens (including phenoxy) is 2. The van der Waals surface area contributed by atoms with Crippen molar-refractivity contribution in [1.82, 2.24) is 10.6 Å². The number of rotatable bonds is 8. The Bertz CT molecular complexity index is 678. The number of benzene rings is 1. The van der Waals surface area contributed by atoms with Crippen molar-refractivity contribution in [2.45, 2.75) is 38.5 Å². The monoisotopic (exact) mass is 350 g/mol. The summed E-state index contributed by atoms with van der Waals surface area (Å²) < 4.78 is 10.5. The van der Waals surface area contributed by atoms with Crippen molar-refractivity contribution in [3.8, 4) is 11.5 Å². The van der Waals surface area contributed by atoms with Gasteiger partial charge in [-0.05, 0) is 32.0 Å². The van der Waals surface area contributed by atoms with E-state index in [9.17, 15) is 14.4 Å². The topological polar surface area (TPSA) is 146 Å². The molecule has 1 aromatic rings. The molecule has 0 radical (unpaired) electrons. The van der Waals surface area contributed by atoms with Crippen molar-refractivity contribution in [2.75, 3.05) is 6.79 Å². The van der Waals surface area contributed by atoms with E-state index in [4.69, 9.17) is 20.9 Å². The van der Waals surface area contributed by atoms with E-state index in [0.717, 1.165) is 0 Å². The largest absolute Gasteiger partial charge is 0.454 e.